The molecule has 2 aromatic carbocycles. The lowest BCUT2D eigenvalue weighted by atomic mass is 9.95. The fourth-order valence-corrected chi connectivity index (χ4v) is 4.12. The Kier molecular flexibility index (Phi) is 7.70. The Morgan fingerprint density at radius 2 is 1.70 bits per heavy atom. The van der Waals surface area contributed by atoms with Gasteiger partial charge in [0, 0.05) is 47.7 Å². The number of aromatic nitrogens is 1. The van der Waals surface area contributed by atoms with Gasteiger partial charge in [-0.25, -0.2) is 0 Å². The van der Waals surface area contributed by atoms with Crippen LogP contribution in [-0.2, 0) is 17.9 Å². The smallest absolute Gasteiger partial charge is 0.255 e. The lowest BCUT2D eigenvalue weighted by molar-refractivity contribution is -0.126. The second-order valence-electron chi connectivity index (χ2n) is 8.29. The minimum absolute atomic E-state index is 0.0492. The topological polar surface area (TPSA) is 74.3 Å². The van der Waals surface area contributed by atoms with Crippen molar-refractivity contribution in [1.29, 1.82) is 0 Å². The first-order valence-electron chi connectivity index (χ1n) is 11.1. The number of hydrogen-bond acceptors (Lipinski definition) is 4. The molecular weight excluding hydrogens is 436 g/mol. The molecule has 1 fully saturated rings. The van der Waals surface area contributed by atoms with Crippen molar-refractivity contribution in [3.63, 3.8) is 0 Å². The van der Waals surface area contributed by atoms with Gasteiger partial charge in [-0.2, -0.15) is 0 Å². The van der Waals surface area contributed by atoms with E-state index in [-0.39, 0.29) is 17.7 Å². The zero-order valence-corrected chi connectivity index (χ0v) is 19.1. The molecule has 0 aliphatic carbocycles. The van der Waals surface area contributed by atoms with Crippen LogP contribution in [0.3, 0.4) is 0 Å². The number of piperidine rings is 1. The zero-order valence-electron chi connectivity index (χ0n) is 18.3. The molecule has 7 heteroatoms. The summed E-state index contributed by atoms with van der Waals surface area (Å²) < 4.78 is 0. The summed E-state index contributed by atoms with van der Waals surface area (Å²) in [5.74, 6) is 0.00821. The molecular formula is C26H27ClN4O2. The Morgan fingerprint density at radius 3 is 2.42 bits per heavy atom. The number of carbonyl (C=O) groups excluding carboxylic acids is 2. The molecule has 0 atom stereocenters. The van der Waals surface area contributed by atoms with Gasteiger partial charge in [-0.15, -0.1) is 0 Å². The first-order chi connectivity index (χ1) is 16.1. The molecule has 170 valence electrons. The van der Waals surface area contributed by atoms with Crippen LogP contribution in [-0.4, -0.2) is 34.8 Å². The van der Waals surface area contributed by atoms with Gasteiger partial charge in [0.1, 0.15) is 0 Å². The molecule has 2 amide bonds. The third-order valence-electron chi connectivity index (χ3n) is 5.87. The highest BCUT2D eigenvalue weighted by molar-refractivity contribution is 6.30. The number of hydrogen-bond donors (Lipinski definition) is 2. The van der Waals surface area contributed by atoms with E-state index in [4.69, 9.17) is 11.6 Å². The van der Waals surface area contributed by atoms with Crippen LogP contribution < -0.4 is 10.6 Å². The van der Waals surface area contributed by atoms with Crippen molar-refractivity contribution in [3.05, 3.63) is 94.8 Å². The van der Waals surface area contributed by atoms with Crippen LogP contribution in [0.5, 0.6) is 0 Å². The van der Waals surface area contributed by atoms with Gasteiger partial charge in [0.25, 0.3) is 5.91 Å². The average molecular weight is 463 g/mol. The van der Waals surface area contributed by atoms with Crippen LogP contribution in [0.1, 0.15) is 34.3 Å². The van der Waals surface area contributed by atoms with Crippen LogP contribution in [0.4, 0.5) is 5.69 Å². The van der Waals surface area contributed by atoms with E-state index < -0.39 is 0 Å². The van der Waals surface area contributed by atoms with Crippen molar-refractivity contribution in [2.24, 2.45) is 5.92 Å². The summed E-state index contributed by atoms with van der Waals surface area (Å²) in [7, 11) is 0. The molecule has 2 N–H and O–H groups in total. The quantitative estimate of drug-likeness (QED) is 0.541. The van der Waals surface area contributed by atoms with Gasteiger partial charge < -0.3 is 10.6 Å². The lowest BCUT2D eigenvalue weighted by Gasteiger charge is -2.31. The second kappa shape index (κ2) is 11.1. The van der Waals surface area contributed by atoms with E-state index in [0.717, 1.165) is 49.3 Å². The van der Waals surface area contributed by atoms with Crippen molar-refractivity contribution >= 4 is 29.1 Å². The minimum atomic E-state index is -0.164. The normalized spacial score (nSPS) is 14.6. The average Bonchev–Trinajstić information content (AvgIpc) is 2.84. The SMILES string of the molecule is O=C(Nc1cccc(CN2CCC(C(=O)NCc3ccncc3)CC2)c1)c1ccc(Cl)cc1. The highest BCUT2D eigenvalue weighted by Gasteiger charge is 2.24. The summed E-state index contributed by atoms with van der Waals surface area (Å²) >= 11 is 5.90. The number of carbonyl (C=O) groups is 2. The molecule has 1 aliphatic heterocycles. The number of nitrogens with zero attached hydrogens (tertiary/aromatic N) is 2. The van der Waals surface area contributed by atoms with Crippen LogP contribution in [0, 0.1) is 5.92 Å². The predicted molar refractivity (Wildman–Crippen MR) is 130 cm³/mol. The van der Waals surface area contributed by atoms with E-state index in [1.54, 1.807) is 36.7 Å². The van der Waals surface area contributed by atoms with Crippen LogP contribution in [0.15, 0.2) is 73.1 Å². The first kappa shape index (κ1) is 23.0. The van der Waals surface area contributed by atoms with Gasteiger partial charge in [-0.3, -0.25) is 19.5 Å². The standard InChI is InChI=1S/C26H27ClN4O2/c27-23-6-4-21(5-7-23)26(33)30-24-3-1-2-20(16-24)18-31-14-10-22(11-15-31)25(32)29-17-19-8-12-28-13-9-19/h1-9,12-13,16,22H,10-11,14-15,17-18H2,(H,29,32)(H,30,33). The molecule has 1 saturated heterocycles. The molecule has 2 heterocycles. The van der Waals surface area contributed by atoms with Gasteiger partial charge >= 0.3 is 0 Å². The van der Waals surface area contributed by atoms with Crippen LogP contribution in [0.25, 0.3) is 0 Å². The van der Waals surface area contributed by atoms with E-state index in [0.29, 0.717) is 17.1 Å². The number of nitrogens with one attached hydrogen (secondary N) is 2. The summed E-state index contributed by atoms with van der Waals surface area (Å²) in [4.78, 5) is 31.3. The van der Waals surface area contributed by atoms with Gasteiger partial charge in [0.05, 0.1) is 0 Å². The molecule has 6 nitrogen and oxygen atoms in total. The van der Waals surface area contributed by atoms with Crippen molar-refractivity contribution in [2.75, 3.05) is 18.4 Å². The molecule has 0 saturated carbocycles. The van der Waals surface area contributed by atoms with Crippen LogP contribution in [0.2, 0.25) is 5.02 Å². The molecule has 0 spiro atoms. The van der Waals surface area contributed by atoms with Crippen molar-refractivity contribution in [2.45, 2.75) is 25.9 Å². The molecule has 1 aromatic heterocycles. The summed E-state index contributed by atoms with van der Waals surface area (Å²) in [6, 6.07) is 18.5. The number of rotatable bonds is 7. The van der Waals surface area contributed by atoms with Crippen molar-refractivity contribution < 1.29 is 9.59 Å². The Labute approximate surface area is 199 Å². The maximum atomic E-state index is 12.5. The molecule has 33 heavy (non-hydrogen) atoms. The molecule has 0 radical (unpaired) electrons. The third kappa shape index (κ3) is 6.63. The van der Waals surface area contributed by atoms with E-state index >= 15 is 0 Å². The van der Waals surface area contributed by atoms with Gasteiger partial charge in [-0.05, 0) is 85.6 Å². The fourth-order valence-electron chi connectivity index (χ4n) is 4.00. The minimum Gasteiger partial charge on any atom is -0.352 e. The fraction of sp³-hybridized carbons (Fsp3) is 0.269. The van der Waals surface area contributed by atoms with Crippen LogP contribution >= 0.6 is 11.6 Å². The molecule has 0 bridgehead atoms. The number of benzene rings is 2. The monoisotopic (exact) mass is 462 g/mol. The van der Waals surface area contributed by atoms with E-state index in [1.165, 1.54) is 0 Å². The Balaban J connectivity index is 1.25. The molecule has 3 aromatic rings. The van der Waals surface area contributed by atoms with E-state index in [1.807, 2.05) is 30.3 Å². The largest absolute Gasteiger partial charge is 0.352 e. The molecule has 4 rings (SSSR count). The zero-order chi connectivity index (χ0) is 23.0. The second-order valence-corrected chi connectivity index (χ2v) is 8.72. The Bertz CT molecular complexity index is 1080. The molecule has 1 aliphatic rings. The number of halogens is 1. The number of anilines is 1. The highest BCUT2D eigenvalue weighted by Crippen LogP contribution is 2.21. The Hall–Kier alpha value is -3.22. The number of pyridine rings is 1. The number of likely N-dealkylation sites (tertiary alicyclic amines) is 1. The van der Waals surface area contributed by atoms with Crippen molar-refractivity contribution in [1.82, 2.24) is 15.2 Å². The van der Waals surface area contributed by atoms with Gasteiger partial charge in [0.15, 0.2) is 0 Å². The number of amides is 2. The van der Waals surface area contributed by atoms with E-state index in [2.05, 4.69) is 26.6 Å². The molecule has 0 unspecified atom stereocenters. The van der Waals surface area contributed by atoms with E-state index in [9.17, 15) is 9.59 Å². The Morgan fingerprint density at radius 1 is 0.970 bits per heavy atom. The van der Waals surface area contributed by atoms with Crippen molar-refractivity contribution in [3.8, 4) is 0 Å². The lowest BCUT2D eigenvalue weighted by Crippen LogP contribution is -2.40. The van der Waals surface area contributed by atoms with Gasteiger partial charge in [0.2, 0.25) is 5.91 Å². The summed E-state index contributed by atoms with van der Waals surface area (Å²) in [6.45, 7) is 3.07. The summed E-state index contributed by atoms with van der Waals surface area (Å²) in [5, 5.41) is 6.59. The van der Waals surface area contributed by atoms with Gasteiger partial charge in [-0.1, -0.05) is 23.7 Å². The highest BCUT2D eigenvalue weighted by atomic mass is 35.5. The predicted octanol–water partition coefficient (Wildman–Crippen LogP) is 4.52. The maximum Gasteiger partial charge on any atom is 0.255 e. The third-order valence-corrected chi connectivity index (χ3v) is 6.12. The maximum absolute atomic E-state index is 12.5. The summed E-state index contributed by atoms with van der Waals surface area (Å²) in [5.41, 5.74) is 3.51. The first-order valence-corrected chi connectivity index (χ1v) is 11.5. The summed E-state index contributed by atoms with van der Waals surface area (Å²) in [6.07, 6.45) is 5.15.